The standard InChI is InChI=1S/C24H24FN3O6S/c1-16(29)26-18-5-4-6-19(13-18)27-24(30)15-28(20-9-7-17(25)8-10-20)35(31,32)21-11-12-22(33-2)23(14-21)34-3/h4-14H,15H2,1-3H3,(H,26,29)(H,27,30). The Bertz CT molecular complexity index is 1330. The van der Waals surface area contributed by atoms with Gasteiger partial charge in [-0.2, -0.15) is 0 Å². The minimum atomic E-state index is -4.28. The highest BCUT2D eigenvalue weighted by atomic mass is 32.2. The highest BCUT2D eigenvalue weighted by molar-refractivity contribution is 7.92. The Morgan fingerprint density at radius 3 is 2.11 bits per heavy atom. The molecule has 2 amide bonds. The summed E-state index contributed by atoms with van der Waals surface area (Å²) in [5, 5.41) is 5.22. The predicted molar refractivity (Wildman–Crippen MR) is 130 cm³/mol. The van der Waals surface area contributed by atoms with E-state index in [-0.39, 0.29) is 22.2 Å². The van der Waals surface area contributed by atoms with Crippen LogP contribution in [0, 0.1) is 5.82 Å². The number of sulfonamides is 1. The molecule has 0 heterocycles. The first kappa shape index (κ1) is 25.5. The molecule has 0 aromatic heterocycles. The summed E-state index contributed by atoms with van der Waals surface area (Å²) in [6.45, 7) is 0.748. The highest BCUT2D eigenvalue weighted by Crippen LogP contribution is 2.32. The monoisotopic (exact) mass is 501 g/mol. The first-order valence-electron chi connectivity index (χ1n) is 10.3. The summed E-state index contributed by atoms with van der Waals surface area (Å²) in [6, 6.07) is 15.1. The minimum Gasteiger partial charge on any atom is -0.493 e. The SMILES string of the molecule is COc1ccc(S(=O)(=O)N(CC(=O)Nc2cccc(NC(C)=O)c2)c2ccc(F)cc2)cc1OC. The van der Waals surface area contributed by atoms with Gasteiger partial charge in [-0.15, -0.1) is 0 Å². The molecular weight excluding hydrogens is 477 g/mol. The molecule has 0 bridgehead atoms. The van der Waals surface area contributed by atoms with Crippen LogP contribution in [0.25, 0.3) is 0 Å². The Kier molecular flexibility index (Phi) is 7.92. The number of nitrogens with zero attached hydrogens (tertiary/aromatic N) is 1. The van der Waals surface area contributed by atoms with E-state index in [4.69, 9.17) is 9.47 Å². The topological polar surface area (TPSA) is 114 Å². The number of amides is 2. The van der Waals surface area contributed by atoms with Gasteiger partial charge in [0.05, 0.1) is 24.8 Å². The lowest BCUT2D eigenvalue weighted by Crippen LogP contribution is -2.38. The van der Waals surface area contributed by atoms with E-state index in [0.29, 0.717) is 17.1 Å². The smallest absolute Gasteiger partial charge is 0.264 e. The third kappa shape index (κ3) is 6.27. The van der Waals surface area contributed by atoms with Gasteiger partial charge in [0, 0.05) is 24.4 Å². The van der Waals surface area contributed by atoms with Crippen molar-refractivity contribution in [3.63, 3.8) is 0 Å². The molecule has 2 N–H and O–H groups in total. The zero-order chi connectivity index (χ0) is 25.6. The van der Waals surface area contributed by atoms with Gasteiger partial charge in [0.25, 0.3) is 10.0 Å². The number of rotatable bonds is 9. The number of benzene rings is 3. The van der Waals surface area contributed by atoms with Crippen molar-refractivity contribution < 1.29 is 31.9 Å². The lowest BCUT2D eigenvalue weighted by Gasteiger charge is -2.24. The highest BCUT2D eigenvalue weighted by Gasteiger charge is 2.28. The van der Waals surface area contributed by atoms with Crippen LogP contribution in [-0.4, -0.2) is 41.0 Å². The number of ether oxygens (including phenoxy) is 2. The maximum Gasteiger partial charge on any atom is 0.264 e. The molecule has 11 heteroatoms. The van der Waals surface area contributed by atoms with Crippen LogP contribution in [0.1, 0.15) is 6.92 Å². The zero-order valence-corrected chi connectivity index (χ0v) is 20.1. The molecule has 0 aliphatic carbocycles. The molecule has 3 rings (SSSR count). The predicted octanol–water partition coefficient (Wildman–Crippen LogP) is 3.64. The number of hydrogen-bond donors (Lipinski definition) is 2. The van der Waals surface area contributed by atoms with Crippen molar-refractivity contribution in [2.45, 2.75) is 11.8 Å². The summed E-state index contributed by atoms with van der Waals surface area (Å²) in [5.41, 5.74) is 0.899. The Hall–Kier alpha value is -4.12. The fourth-order valence-electron chi connectivity index (χ4n) is 3.24. The minimum absolute atomic E-state index is 0.0864. The van der Waals surface area contributed by atoms with Crippen LogP contribution in [0.15, 0.2) is 71.6 Å². The maximum atomic E-state index is 13.6. The third-order valence-corrected chi connectivity index (χ3v) is 6.58. The summed E-state index contributed by atoms with van der Waals surface area (Å²) in [7, 11) is -1.49. The van der Waals surface area contributed by atoms with Crippen molar-refractivity contribution in [1.29, 1.82) is 0 Å². The molecule has 0 aliphatic rings. The van der Waals surface area contributed by atoms with E-state index < -0.39 is 28.3 Å². The number of methoxy groups -OCH3 is 2. The number of carbonyl (C=O) groups is 2. The van der Waals surface area contributed by atoms with E-state index >= 15 is 0 Å². The maximum absolute atomic E-state index is 13.6. The lowest BCUT2D eigenvalue weighted by atomic mass is 10.2. The van der Waals surface area contributed by atoms with Crippen LogP contribution in [0.4, 0.5) is 21.5 Å². The number of anilines is 3. The number of hydrogen-bond acceptors (Lipinski definition) is 6. The molecule has 35 heavy (non-hydrogen) atoms. The van der Waals surface area contributed by atoms with E-state index in [1.54, 1.807) is 18.2 Å². The van der Waals surface area contributed by atoms with Crippen LogP contribution in [0.2, 0.25) is 0 Å². The summed E-state index contributed by atoms with van der Waals surface area (Å²) in [5.74, 6) is -0.977. The van der Waals surface area contributed by atoms with Gasteiger partial charge in [-0.3, -0.25) is 13.9 Å². The molecule has 0 atom stereocenters. The van der Waals surface area contributed by atoms with Crippen LogP contribution in [0.3, 0.4) is 0 Å². The molecule has 0 saturated carbocycles. The van der Waals surface area contributed by atoms with Gasteiger partial charge >= 0.3 is 0 Å². The van der Waals surface area contributed by atoms with Crippen molar-refractivity contribution >= 4 is 38.9 Å². The van der Waals surface area contributed by atoms with Gasteiger partial charge in [0.2, 0.25) is 11.8 Å². The van der Waals surface area contributed by atoms with Crippen molar-refractivity contribution in [3.05, 3.63) is 72.5 Å². The zero-order valence-electron chi connectivity index (χ0n) is 19.2. The molecule has 0 unspecified atom stereocenters. The van der Waals surface area contributed by atoms with E-state index in [2.05, 4.69) is 10.6 Å². The summed E-state index contributed by atoms with van der Waals surface area (Å²) in [4.78, 5) is 24.0. The van der Waals surface area contributed by atoms with Crippen LogP contribution >= 0.6 is 0 Å². The van der Waals surface area contributed by atoms with Gasteiger partial charge in [-0.05, 0) is 54.6 Å². The second-order valence-corrected chi connectivity index (χ2v) is 9.18. The Balaban J connectivity index is 1.94. The first-order valence-corrected chi connectivity index (χ1v) is 11.8. The van der Waals surface area contributed by atoms with Crippen LogP contribution < -0.4 is 24.4 Å². The Morgan fingerprint density at radius 1 is 0.886 bits per heavy atom. The lowest BCUT2D eigenvalue weighted by molar-refractivity contribution is -0.115. The quantitative estimate of drug-likeness (QED) is 0.463. The Morgan fingerprint density at radius 2 is 1.51 bits per heavy atom. The molecule has 0 spiro atoms. The average Bonchev–Trinajstić information content (AvgIpc) is 2.82. The second-order valence-electron chi connectivity index (χ2n) is 7.32. The van der Waals surface area contributed by atoms with Gasteiger partial charge in [0.1, 0.15) is 12.4 Å². The second kappa shape index (κ2) is 10.9. The third-order valence-electron chi connectivity index (χ3n) is 4.81. The number of nitrogens with one attached hydrogen (secondary N) is 2. The van der Waals surface area contributed by atoms with Gasteiger partial charge < -0.3 is 20.1 Å². The van der Waals surface area contributed by atoms with Crippen LogP contribution in [0.5, 0.6) is 11.5 Å². The van der Waals surface area contributed by atoms with Gasteiger partial charge in [-0.25, -0.2) is 12.8 Å². The fraction of sp³-hybridized carbons (Fsp3) is 0.167. The van der Waals surface area contributed by atoms with Crippen molar-refractivity contribution in [2.75, 3.05) is 35.7 Å². The van der Waals surface area contributed by atoms with Crippen LogP contribution in [-0.2, 0) is 19.6 Å². The van der Waals surface area contributed by atoms with Gasteiger partial charge in [0.15, 0.2) is 11.5 Å². The first-order chi connectivity index (χ1) is 16.6. The molecule has 0 radical (unpaired) electrons. The summed E-state index contributed by atoms with van der Waals surface area (Å²) in [6.07, 6.45) is 0. The average molecular weight is 502 g/mol. The molecule has 0 saturated heterocycles. The summed E-state index contributed by atoms with van der Waals surface area (Å²) < 4.78 is 51.9. The fourth-order valence-corrected chi connectivity index (χ4v) is 4.67. The van der Waals surface area contributed by atoms with Crippen molar-refractivity contribution in [1.82, 2.24) is 0 Å². The normalized spacial score (nSPS) is 10.9. The molecule has 0 aliphatic heterocycles. The largest absolute Gasteiger partial charge is 0.493 e. The molecule has 9 nitrogen and oxygen atoms in total. The van der Waals surface area contributed by atoms with Crippen molar-refractivity contribution in [3.8, 4) is 11.5 Å². The summed E-state index contributed by atoms with van der Waals surface area (Å²) >= 11 is 0. The van der Waals surface area contributed by atoms with Gasteiger partial charge in [-0.1, -0.05) is 6.07 Å². The number of carbonyl (C=O) groups excluding carboxylic acids is 2. The van der Waals surface area contributed by atoms with E-state index in [9.17, 15) is 22.4 Å². The molecular formula is C24H24FN3O6S. The molecule has 3 aromatic rings. The van der Waals surface area contributed by atoms with E-state index in [1.165, 1.54) is 57.5 Å². The molecule has 0 fully saturated rings. The number of halogens is 1. The van der Waals surface area contributed by atoms with E-state index in [0.717, 1.165) is 16.4 Å². The Labute approximate surface area is 202 Å². The van der Waals surface area contributed by atoms with Crippen molar-refractivity contribution in [2.24, 2.45) is 0 Å². The van der Waals surface area contributed by atoms with E-state index in [1.807, 2.05) is 0 Å². The molecule has 184 valence electrons. The molecule has 3 aromatic carbocycles.